The second-order valence-corrected chi connectivity index (χ2v) is 4.72. The van der Waals surface area contributed by atoms with Gasteiger partial charge in [0, 0.05) is 12.5 Å². The molecule has 1 aromatic heterocycles. The molecule has 0 saturated carbocycles. The van der Waals surface area contributed by atoms with Crippen molar-refractivity contribution in [3.8, 4) is 5.75 Å². The normalized spacial score (nSPS) is 10.9. The molecule has 0 amide bonds. The van der Waals surface area contributed by atoms with Crippen LogP contribution < -0.4 is 5.32 Å². The number of thiazole rings is 1. The molecule has 0 radical (unpaired) electrons. The number of benzene rings is 1. The van der Waals surface area contributed by atoms with Crippen molar-refractivity contribution >= 4 is 22.2 Å². The molecule has 0 fully saturated rings. The van der Waals surface area contributed by atoms with E-state index in [9.17, 15) is 5.11 Å². The molecule has 4 N–H and O–H groups in total. The summed E-state index contributed by atoms with van der Waals surface area (Å²) in [5, 5.41) is 32.7. The lowest BCUT2D eigenvalue weighted by atomic mass is 10.2. The lowest BCUT2D eigenvalue weighted by Crippen LogP contribution is -1.96. The van der Waals surface area contributed by atoms with Crippen molar-refractivity contribution in [2.24, 2.45) is 0 Å². The number of aromatic nitrogens is 1. The third kappa shape index (κ3) is 3.42. The van der Waals surface area contributed by atoms with Crippen LogP contribution in [0.1, 0.15) is 17.5 Å². The van der Waals surface area contributed by atoms with Gasteiger partial charge in [0.25, 0.3) is 0 Å². The fourth-order valence-corrected chi connectivity index (χ4v) is 2.25. The third-order valence-corrected chi connectivity index (χ3v) is 3.18. The fraction of sp³-hybridized carbons (Fsp3) is 0.250. The molecule has 0 aliphatic carbocycles. The number of anilines is 2. The number of aromatic hydroxyl groups is 1. The van der Waals surface area contributed by atoms with E-state index in [2.05, 4.69) is 10.3 Å². The van der Waals surface area contributed by atoms with Crippen LogP contribution in [-0.4, -0.2) is 27.4 Å². The van der Waals surface area contributed by atoms with Crippen LogP contribution in [0.15, 0.2) is 23.6 Å². The number of aliphatic hydroxyl groups excluding tert-OH is 1. The number of nitrogens with zero attached hydrogens (tertiary/aromatic N) is 1. The molecule has 0 unspecified atom stereocenters. The number of hydrogen-bond acceptors (Lipinski definition) is 7. The van der Waals surface area contributed by atoms with Gasteiger partial charge in [-0.05, 0) is 17.7 Å². The van der Waals surface area contributed by atoms with Gasteiger partial charge in [-0.2, -0.15) is 0 Å². The largest absolute Gasteiger partial charge is 0.506 e. The van der Waals surface area contributed by atoms with E-state index < -0.39 is 6.29 Å². The highest BCUT2D eigenvalue weighted by Crippen LogP contribution is 2.30. The first-order chi connectivity index (χ1) is 9.10. The van der Waals surface area contributed by atoms with Gasteiger partial charge in [-0.25, -0.2) is 4.98 Å². The second-order valence-electron chi connectivity index (χ2n) is 3.86. The van der Waals surface area contributed by atoms with Gasteiger partial charge in [-0.1, -0.05) is 6.07 Å². The predicted octanol–water partition coefficient (Wildman–Crippen LogP) is 1.72. The average Bonchev–Trinajstić information content (AvgIpc) is 2.82. The summed E-state index contributed by atoms with van der Waals surface area (Å²) in [6, 6.07) is 5.13. The Morgan fingerprint density at radius 3 is 2.79 bits per heavy atom. The summed E-state index contributed by atoms with van der Waals surface area (Å²) < 4.78 is 4.97. The number of phenolic OH excluding ortho intramolecular Hbond substituents is 1. The van der Waals surface area contributed by atoms with Crippen LogP contribution in [0.25, 0.3) is 0 Å². The Balaban J connectivity index is 2.13. The van der Waals surface area contributed by atoms with Gasteiger partial charge in [0.1, 0.15) is 11.4 Å². The topological polar surface area (TPSA) is 94.8 Å². The van der Waals surface area contributed by atoms with Crippen LogP contribution in [-0.2, 0) is 11.3 Å². The minimum Gasteiger partial charge on any atom is -0.506 e. The molecular weight excluding hydrogens is 268 g/mol. The van der Waals surface area contributed by atoms with Crippen molar-refractivity contribution in [1.82, 2.24) is 4.98 Å². The Morgan fingerprint density at radius 2 is 2.21 bits per heavy atom. The van der Waals surface area contributed by atoms with E-state index in [1.165, 1.54) is 16.7 Å². The standard InChI is InChI=1S/C12H14N2O4S/c1-18-5-7-2-3-8(10(15)4-7)13-12-14-9(6-19-12)11(16)17/h2-4,6,11,15-17H,5H2,1H3,(H,13,14). The molecule has 0 aliphatic rings. The maximum Gasteiger partial charge on any atom is 0.196 e. The highest BCUT2D eigenvalue weighted by Gasteiger charge is 2.10. The van der Waals surface area contributed by atoms with Crippen molar-refractivity contribution in [2.45, 2.75) is 12.9 Å². The molecule has 1 aromatic carbocycles. The summed E-state index contributed by atoms with van der Waals surface area (Å²) in [7, 11) is 1.58. The smallest absolute Gasteiger partial charge is 0.196 e. The molecule has 2 aromatic rings. The Hall–Kier alpha value is -1.67. The lowest BCUT2D eigenvalue weighted by molar-refractivity contribution is -0.0453. The molecule has 0 bridgehead atoms. The number of nitrogens with one attached hydrogen (secondary N) is 1. The van der Waals surface area contributed by atoms with Gasteiger partial charge in [-0.15, -0.1) is 11.3 Å². The summed E-state index contributed by atoms with van der Waals surface area (Å²) in [6.07, 6.45) is -1.59. The zero-order valence-electron chi connectivity index (χ0n) is 10.2. The van der Waals surface area contributed by atoms with Crippen LogP contribution in [0, 0.1) is 0 Å². The lowest BCUT2D eigenvalue weighted by Gasteiger charge is -2.07. The molecule has 19 heavy (non-hydrogen) atoms. The SMILES string of the molecule is COCc1ccc(Nc2nc(C(O)O)cs2)c(O)c1. The second kappa shape index (κ2) is 5.98. The van der Waals surface area contributed by atoms with Crippen LogP contribution in [0.4, 0.5) is 10.8 Å². The van der Waals surface area contributed by atoms with Crippen molar-refractivity contribution in [3.05, 3.63) is 34.8 Å². The molecule has 6 nitrogen and oxygen atoms in total. The van der Waals surface area contributed by atoms with E-state index in [4.69, 9.17) is 14.9 Å². The summed E-state index contributed by atoms with van der Waals surface area (Å²) >= 11 is 1.22. The van der Waals surface area contributed by atoms with Crippen molar-refractivity contribution in [1.29, 1.82) is 0 Å². The molecule has 7 heteroatoms. The van der Waals surface area contributed by atoms with Crippen LogP contribution >= 0.6 is 11.3 Å². The van der Waals surface area contributed by atoms with Crippen LogP contribution in [0.2, 0.25) is 0 Å². The number of hydrogen-bond donors (Lipinski definition) is 4. The number of ether oxygens (including phenoxy) is 1. The monoisotopic (exact) mass is 282 g/mol. The predicted molar refractivity (Wildman–Crippen MR) is 71.4 cm³/mol. The number of methoxy groups -OCH3 is 1. The van der Waals surface area contributed by atoms with Gasteiger partial charge >= 0.3 is 0 Å². The molecule has 102 valence electrons. The number of aliphatic hydroxyl groups is 2. The van der Waals surface area contributed by atoms with Gasteiger partial charge in [-0.3, -0.25) is 0 Å². The molecule has 2 rings (SSSR count). The first-order valence-electron chi connectivity index (χ1n) is 5.49. The first kappa shape index (κ1) is 13.8. The highest BCUT2D eigenvalue weighted by molar-refractivity contribution is 7.13. The van der Waals surface area contributed by atoms with Crippen molar-refractivity contribution in [2.75, 3.05) is 12.4 Å². The quantitative estimate of drug-likeness (QED) is 0.493. The zero-order valence-corrected chi connectivity index (χ0v) is 11.0. The third-order valence-electron chi connectivity index (χ3n) is 2.40. The fourth-order valence-electron chi connectivity index (χ4n) is 1.52. The minimum absolute atomic E-state index is 0.0795. The van der Waals surface area contributed by atoms with Gasteiger partial charge in [0.15, 0.2) is 11.4 Å². The highest BCUT2D eigenvalue weighted by atomic mass is 32.1. The Bertz CT molecular complexity index is 556. The number of phenols is 1. The molecular formula is C12H14N2O4S. The zero-order chi connectivity index (χ0) is 13.8. The van der Waals surface area contributed by atoms with E-state index in [0.717, 1.165) is 5.56 Å². The van der Waals surface area contributed by atoms with E-state index in [1.54, 1.807) is 19.2 Å². The molecule has 0 atom stereocenters. The summed E-state index contributed by atoms with van der Waals surface area (Å²) in [4.78, 5) is 3.98. The Labute approximate surface area is 113 Å². The van der Waals surface area contributed by atoms with Crippen molar-refractivity contribution < 1.29 is 20.1 Å². The van der Waals surface area contributed by atoms with Gasteiger partial charge < -0.3 is 25.4 Å². The van der Waals surface area contributed by atoms with E-state index in [1.807, 2.05) is 6.07 Å². The molecule has 0 saturated heterocycles. The van der Waals surface area contributed by atoms with Crippen LogP contribution in [0.5, 0.6) is 5.75 Å². The summed E-state index contributed by atoms with van der Waals surface area (Å²) in [5.41, 5.74) is 1.52. The van der Waals surface area contributed by atoms with E-state index in [0.29, 0.717) is 17.4 Å². The van der Waals surface area contributed by atoms with Gasteiger partial charge in [0.05, 0.1) is 12.3 Å². The maximum absolute atomic E-state index is 9.86. The Kier molecular flexibility index (Phi) is 4.33. The van der Waals surface area contributed by atoms with Gasteiger partial charge in [0.2, 0.25) is 0 Å². The Morgan fingerprint density at radius 1 is 1.42 bits per heavy atom. The molecule has 0 aliphatic heterocycles. The number of rotatable bonds is 5. The minimum atomic E-state index is -1.59. The average molecular weight is 282 g/mol. The maximum atomic E-state index is 9.86. The van der Waals surface area contributed by atoms with Crippen LogP contribution in [0.3, 0.4) is 0 Å². The van der Waals surface area contributed by atoms with Crippen molar-refractivity contribution in [3.63, 3.8) is 0 Å². The van der Waals surface area contributed by atoms with E-state index in [-0.39, 0.29) is 11.4 Å². The summed E-state index contributed by atoms with van der Waals surface area (Å²) in [6.45, 7) is 0.423. The molecule has 1 heterocycles. The first-order valence-corrected chi connectivity index (χ1v) is 6.37. The molecule has 0 spiro atoms. The summed E-state index contributed by atoms with van der Waals surface area (Å²) in [5.74, 6) is 0.0795. The van der Waals surface area contributed by atoms with E-state index >= 15 is 0 Å².